The van der Waals surface area contributed by atoms with Crippen molar-refractivity contribution in [1.29, 1.82) is 0 Å². The first-order chi connectivity index (χ1) is 5.00. The Labute approximate surface area is 67.4 Å². The van der Waals surface area contributed by atoms with E-state index in [1.807, 2.05) is 6.92 Å². The third kappa shape index (κ3) is 3.98. The van der Waals surface area contributed by atoms with Gasteiger partial charge in [-0.25, -0.2) is 0 Å². The highest BCUT2D eigenvalue weighted by atomic mass is 16.5. The highest BCUT2D eigenvalue weighted by Crippen LogP contribution is 2.15. The molecular formula is C8H16O3. The maximum atomic E-state index is 10.5. The molecule has 3 heteroatoms. The van der Waals surface area contributed by atoms with E-state index in [9.17, 15) is 4.79 Å². The maximum absolute atomic E-state index is 10.5. The molecule has 0 aliphatic heterocycles. The van der Waals surface area contributed by atoms with E-state index in [-0.39, 0.29) is 6.61 Å². The zero-order valence-corrected chi connectivity index (χ0v) is 7.39. The SMILES string of the molecule is CCCOCC(C)(C)C(=O)O. The fourth-order valence-corrected chi connectivity index (χ4v) is 0.533. The lowest BCUT2D eigenvalue weighted by molar-refractivity contribution is -0.150. The minimum atomic E-state index is -0.811. The second kappa shape index (κ2) is 4.34. The molecule has 0 fully saturated rings. The first kappa shape index (κ1) is 10.4. The van der Waals surface area contributed by atoms with Gasteiger partial charge in [0.05, 0.1) is 12.0 Å². The van der Waals surface area contributed by atoms with Crippen LogP contribution in [0.3, 0.4) is 0 Å². The van der Waals surface area contributed by atoms with Crippen LogP contribution in [-0.2, 0) is 9.53 Å². The van der Waals surface area contributed by atoms with Gasteiger partial charge < -0.3 is 9.84 Å². The number of carboxylic acid groups (broad SMARTS) is 1. The van der Waals surface area contributed by atoms with Crippen molar-refractivity contribution >= 4 is 5.97 Å². The molecule has 0 radical (unpaired) electrons. The van der Waals surface area contributed by atoms with Gasteiger partial charge in [-0.05, 0) is 20.3 Å². The van der Waals surface area contributed by atoms with Crippen LogP contribution < -0.4 is 0 Å². The van der Waals surface area contributed by atoms with Crippen LogP contribution in [0.25, 0.3) is 0 Å². The molecule has 1 N–H and O–H groups in total. The number of aliphatic carboxylic acids is 1. The molecule has 3 nitrogen and oxygen atoms in total. The zero-order valence-electron chi connectivity index (χ0n) is 7.39. The predicted octanol–water partition coefficient (Wildman–Crippen LogP) is 1.52. The molecule has 11 heavy (non-hydrogen) atoms. The molecule has 0 unspecified atom stereocenters. The molecule has 0 aromatic heterocycles. The van der Waals surface area contributed by atoms with Gasteiger partial charge in [-0.3, -0.25) is 4.79 Å². The molecule has 0 aromatic carbocycles. The molecule has 0 heterocycles. The molecule has 0 rings (SSSR count). The van der Waals surface area contributed by atoms with E-state index in [0.717, 1.165) is 6.42 Å². The topological polar surface area (TPSA) is 46.5 Å². The second-order valence-corrected chi connectivity index (χ2v) is 3.24. The van der Waals surface area contributed by atoms with Crippen LogP contribution >= 0.6 is 0 Å². The molecule has 0 saturated heterocycles. The van der Waals surface area contributed by atoms with Gasteiger partial charge >= 0.3 is 5.97 Å². The van der Waals surface area contributed by atoms with Gasteiger partial charge in [0.1, 0.15) is 0 Å². The molecule has 0 aliphatic carbocycles. The fourth-order valence-electron chi connectivity index (χ4n) is 0.533. The average molecular weight is 160 g/mol. The summed E-state index contributed by atoms with van der Waals surface area (Å²) >= 11 is 0. The molecule has 66 valence electrons. The summed E-state index contributed by atoms with van der Waals surface area (Å²) in [5.41, 5.74) is -0.755. The quantitative estimate of drug-likeness (QED) is 0.620. The van der Waals surface area contributed by atoms with Crippen molar-refractivity contribution in [2.75, 3.05) is 13.2 Å². The Bertz CT molecular complexity index is 129. The minimum Gasteiger partial charge on any atom is -0.481 e. The lowest BCUT2D eigenvalue weighted by Gasteiger charge is -2.18. The summed E-state index contributed by atoms with van der Waals surface area (Å²) in [6.45, 7) is 6.23. The van der Waals surface area contributed by atoms with Gasteiger partial charge in [0, 0.05) is 6.61 Å². The van der Waals surface area contributed by atoms with Gasteiger partial charge in [-0.1, -0.05) is 6.92 Å². The van der Waals surface area contributed by atoms with Crippen LogP contribution in [0.5, 0.6) is 0 Å². The molecule has 0 bridgehead atoms. The summed E-state index contributed by atoms with van der Waals surface area (Å²) < 4.78 is 5.13. The molecule has 0 aromatic rings. The number of hydrogen-bond acceptors (Lipinski definition) is 2. The van der Waals surface area contributed by atoms with Crippen molar-refractivity contribution in [3.05, 3.63) is 0 Å². The van der Waals surface area contributed by atoms with Crippen molar-refractivity contribution < 1.29 is 14.6 Å². The summed E-state index contributed by atoms with van der Waals surface area (Å²) in [5.74, 6) is -0.811. The van der Waals surface area contributed by atoms with Crippen molar-refractivity contribution in [3.63, 3.8) is 0 Å². The number of carboxylic acids is 1. The van der Waals surface area contributed by atoms with E-state index in [1.54, 1.807) is 13.8 Å². The lowest BCUT2D eigenvalue weighted by atomic mass is 9.95. The second-order valence-electron chi connectivity index (χ2n) is 3.24. The maximum Gasteiger partial charge on any atom is 0.311 e. The predicted molar refractivity (Wildman–Crippen MR) is 42.5 cm³/mol. The van der Waals surface area contributed by atoms with Crippen LogP contribution in [0.4, 0.5) is 0 Å². The number of ether oxygens (including phenoxy) is 1. The lowest BCUT2D eigenvalue weighted by Crippen LogP contribution is -2.29. The Balaban J connectivity index is 3.64. The van der Waals surface area contributed by atoms with E-state index in [0.29, 0.717) is 6.61 Å². The molecule has 0 amide bonds. The number of rotatable bonds is 5. The summed E-state index contributed by atoms with van der Waals surface area (Å²) in [6, 6.07) is 0. The Morgan fingerprint density at radius 1 is 1.55 bits per heavy atom. The van der Waals surface area contributed by atoms with Crippen LogP contribution in [0.1, 0.15) is 27.2 Å². The monoisotopic (exact) mass is 160 g/mol. The van der Waals surface area contributed by atoms with Crippen LogP contribution in [0.2, 0.25) is 0 Å². The highest BCUT2D eigenvalue weighted by molar-refractivity contribution is 5.73. The standard InChI is InChI=1S/C8H16O3/c1-4-5-11-6-8(2,3)7(9)10/h4-6H2,1-3H3,(H,9,10). The van der Waals surface area contributed by atoms with E-state index >= 15 is 0 Å². The molecular weight excluding hydrogens is 144 g/mol. The third-order valence-electron chi connectivity index (χ3n) is 1.39. The zero-order chi connectivity index (χ0) is 8.91. The minimum absolute atomic E-state index is 0.288. The van der Waals surface area contributed by atoms with Crippen molar-refractivity contribution in [2.45, 2.75) is 27.2 Å². The first-order valence-electron chi connectivity index (χ1n) is 3.82. The summed E-state index contributed by atoms with van der Waals surface area (Å²) in [6.07, 6.45) is 0.926. The summed E-state index contributed by atoms with van der Waals surface area (Å²) in [4.78, 5) is 10.5. The van der Waals surface area contributed by atoms with Crippen LogP contribution in [-0.4, -0.2) is 24.3 Å². The molecule has 0 spiro atoms. The average Bonchev–Trinajstić information content (AvgIpc) is 1.88. The number of hydrogen-bond donors (Lipinski definition) is 1. The van der Waals surface area contributed by atoms with Gasteiger partial charge in [0.2, 0.25) is 0 Å². The summed E-state index contributed by atoms with van der Waals surface area (Å²) in [5, 5.41) is 8.66. The molecule has 0 saturated carbocycles. The van der Waals surface area contributed by atoms with Gasteiger partial charge in [0.25, 0.3) is 0 Å². The smallest absolute Gasteiger partial charge is 0.311 e. The van der Waals surface area contributed by atoms with Crippen molar-refractivity contribution in [3.8, 4) is 0 Å². The normalized spacial score (nSPS) is 11.5. The van der Waals surface area contributed by atoms with Gasteiger partial charge in [-0.2, -0.15) is 0 Å². The first-order valence-corrected chi connectivity index (χ1v) is 3.82. The van der Waals surface area contributed by atoms with Gasteiger partial charge in [-0.15, -0.1) is 0 Å². The van der Waals surface area contributed by atoms with Crippen molar-refractivity contribution in [1.82, 2.24) is 0 Å². The molecule has 0 aliphatic rings. The fraction of sp³-hybridized carbons (Fsp3) is 0.875. The Kier molecular flexibility index (Phi) is 4.11. The van der Waals surface area contributed by atoms with E-state index < -0.39 is 11.4 Å². The third-order valence-corrected chi connectivity index (χ3v) is 1.39. The Morgan fingerprint density at radius 2 is 2.09 bits per heavy atom. The van der Waals surface area contributed by atoms with Gasteiger partial charge in [0.15, 0.2) is 0 Å². The van der Waals surface area contributed by atoms with Crippen LogP contribution in [0, 0.1) is 5.41 Å². The van der Waals surface area contributed by atoms with E-state index in [1.165, 1.54) is 0 Å². The Hall–Kier alpha value is -0.570. The summed E-state index contributed by atoms with van der Waals surface area (Å²) in [7, 11) is 0. The largest absolute Gasteiger partial charge is 0.481 e. The highest BCUT2D eigenvalue weighted by Gasteiger charge is 2.26. The van der Waals surface area contributed by atoms with E-state index in [4.69, 9.17) is 9.84 Å². The van der Waals surface area contributed by atoms with Crippen molar-refractivity contribution in [2.24, 2.45) is 5.41 Å². The number of carbonyl (C=O) groups is 1. The van der Waals surface area contributed by atoms with Crippen LogP contribution in [0.15, 0.2) is 0 Å². The Morgan fingerprint density at radius 3 is 2.45 bits per heavy atom. The van der Waals surface area contributed by atoms with E-state index in [2.05, 4.69) is 0 Å². The molecule has 0 atom stereocenters.